The zero-order chi connectivity index (χ0) is 13.0. The van der Waals surface area contributed by atoms with Gasteiger partial charge >= 0.3 is 0 Å². The van der Waals surface area contributed by atoms with Crippen LogP contribution in [0.5, 0.6) is 0 Å². The normalized spacial score (nSPS) is 16.6. The lowest BCUT2D eigenvalue weighted by molar-refractivity contribution is -0.130. The molecule has 1 aromatic heterocycles. The molecule has 1 aromatic rings. The minimum Gasteiger partial charge on any atom is -0.353 e. The van der Waals surface area contributed by atoms with E-state index >= 15 is 0 Å². The molecule has 98 valence electrons. The van der Waals surface area contributed by atoms with E-state index in [1.165, 1.54) is 0 Å². The monoisotopic (exact) mass is 248 g/mol. The molecular weight excluding hydrogens is 228 g/mol. The summed E-state index contributed by atoms with van der Waals surface area (Å²) in [5.74, 6) is 1.15. The molecule has 0 unspecified atom stereocenters. The molecule has 1 amide bonds. The van der Waals surface area contributed by atoms with E-state index in [4.69, 9.17) is 0 Å². The first-order valence-corrected chi connectivity index (χ1v) is 6.53. The van der Waals surface area contributed by atoms with Crippen LogP contribution in [0.2, 0.25) is 0 Å². The van der Waals surface area contributed by atoms with Crippen molar-refractivity contribution >= 4 is 11.7 Å². The van der Waals surface area contributed by atoms with Crippen LogP contribution in [-0.2, 0) is 4.79 Å². The fraction of sp³-hybridized carbons (Fsp3) is 0.615. The van der Waals surface area contributed by atoms with Crippen molar-refractivity contribution in [1.29, 1.82) is 0 Å². The summed E-state index contributed by atoms with van der Waals surface area (Å²) in [6, 6.07) is 3.97. The average Bonchev–Trinajstić information content (AvgIpc) is 2.64. The number of amides is 1. The van der Waals surface area contributed by atoms with Gasteiger partial charge in [0.2, 0.25) is 5.91 Å². The molecule has 0 aromatic carbocycles. The van der Waals surface area contributed by atoms with E-state index < -0.39 is 0 Å². The SMILES string of the molecule is CCC(=O)N1CCCN(c2ccc(C)nn2)CC1. The van der Waals surface area contributed by atoms with Gasteiger partial charge in [-0.15, -0.1) is 5.10 Å². The van der Waals surface area contributed by atoms with Crippen LogP contribution in [0.3, 0.4) is 0 Å². The van der Waals surface area contributed by atoms with E-state index in [1.54, 1.807) is 0 Å². The number of carbonyl (C=O) groups excluding carboxylic acids is 1. The van der Waals surface area contributed by atoms with E-state index in [1.807, 2.05) is 30.9 Å². The molecule has 1 fully saturated rings. The van der Waals surface area contributed by atoms with Gasteiger partial charge in [-0.3, -0.25) is 4.79 Å². The van der Waals surface area contributed by atoms with Crippen molar-refractivity contribution < 1.29 is 4.79 Å². The van der Waals surface area contributed by atoms with Gasteiger partial charge < -0.3 is 9.80 Å². The molecule has 2 rings (SSSR count). The molecule has 0 radical (unpaired) electrons. The molecule has 1 saturated heterocycles. The first-order valence-electron chi connectivity index (χ1n) is 6.53. The average molecular weight is 248 g/mol. The van der Waals surface area contributed by atoms with Crippen molar-refractivity contribution in [3.63, 3.8) is 0 Å². The smallest absolute Gasteiger partial charge is 0.222 e. The van der Waals surface area contributed by atoms with Crippen LogP contribution in [0.4, 0.5) is 5.82 Å². The first kappa shape index (κ1) is 12.8. The minimum atomic E-state index is 0.242. The van der Waals surface area contributed by atoms with Gasteiger partial charge in [-0.05, 0) is 25.5 Å². The molecule has 5 nitrogen and oxygen atoms in total. The number of aryl methyl sites for hydroxylation is 1. The number of aromatic nitrogens is 2. The summed E-state index contributed by atoms with van der Waals surface area (Å²) < 4.78 is 0. The Hall–Kier alpha value is -1.65. The predicted octanol–water partition coefficient (Wildman–Crippen LogP) is 1.23. The number of rotatable bonds is 2. The fourth-order valence-electron chi connectivity index (χ4n) is 2.18. The van der Waals surface area contributed by atoms with E-state index in [0.717, 1.165) is 44.1 Å². The summed E-state index contributed by atoms with van der Waals surface area (Å²) in [6.07, 6.45) is 1.58. The summed E-state index contributed by atoms with van der Waals surface area (Å²) in [4.78, 5) is 15.8. The molecule has 0 bridgehead atoms. The van der Waals surface area contributed by atoms with Crippen LogP contribution in [0.25, 0.3) is 0 Å². The number of anilines is 1. The molecule has 0 atom stereocenters. The van der Waals surface area contributed by atoms with Gasteiger partial charge in [0.05, 0.1) is 5.69 Å². The largest absolute Gasteiger partial charge is 0.353 e. The van der Waals surface area contributed by atoms with Crippen LogP contribution in [0.1, 0.15) is 25.5 Å². The number of nitrogens with zero attached hydrogens (tertiary/aromatic N) is 4. The summed E-state index contributed by atoms with van der Waals surface area (Å²) >= 11 is 0. The molecule has 1 aliphatic heterocycles. The Labute approximate surface area is 108 Å². The Morgan fingerprint density at radius 3 is 2.72 bits per heavy atom. The summed E-state index contributed by atoms with van der Waals surface area (Å²) in [6.45, 7) is 7.25. The van der Waals surface area contributed by atoms with E-state index in [9.17, 15) is 4.79 Å². The van der Waals surface area contributed by atoms with Crippen molar-refractivity contribution in [1.82, 2.24) is 15.1 Å². The third-order valence-corrected chi connectivity index (χ3v) is 3.26. The molecule has 5 heteroatoms. The quantitative estimate of drug-likeness (QED) is 0.790. The van der Waals surface area contributed by atoms with Crippen molar-refractivity contribution in [3.8, 4) is 0 Å². The Balaban J connectivity index is 2.00. The highest BCUT2D eigenvalue weighted by Gasteiger charge is 2.18. The van der Waals surface area contributed by atoms with Gasteiger partial charge in [0.25, 0.3) is 0 Å². The lowest BCUT2D eigenvalue weighted by atomic mass is 10.3. The van der Waals surface area contributed by atoms with Crippen LogP contribution in [0.15, 0.2) is 12.1 Å². The maximum absolute atomic E-state index is 11.7. The van der Waals surface area contributed by atoms with Crippen LogP contribution in [-0.4, -0.2) is 47.2 Å². The van der Waals surface area contributed by atoms with Gasteiger partial charge in [0.15, 0.2) is 5.82 Å². The topological polar surface area (TPSA) is 49.3 Å². The highest BCUT2D eigenvalue weighted by molar-refractivity contribution is 5.75. The lowest BCUT2D eigenvalue weighted by Gasteiger charge is -2.22. The van der Waals surface area contributed by atoms with E-state index in [2.05, 4.69) is 15.1 Å². The second-order valence-corrected chi connectivity index (χ2v) is 4.61. The Morgan fingerprint density at radius 1 is 1.22 bits per heavy atom. The maximum Gasteiger partial charge on any atom is 0.222 e. The van der Waals surface area contributed by atoms with Gasteiger partial charge in [-0.25, -0.2) is 0 Å². The van der Waals surface area contributed by atoms with Crippen molar-refractivity contribution in [2.75, 3.05) is 31.1 Å². The van der Waals surface area contributed by atoms with Crippen LogP contribution >= 0.6 is 0 Å². The zero-order valence-corrected chi connectivity index (χ0v) is 11.1. The number of hydrogen-bond acceptors (Lipinski definition) is 4. The van der Waals surface area contributed by atoms with Crippen LogP contribution in [0, 0.1) is 6.92 Å². The van der Waals surface area contributed by atoms with Crippen molar-refractivity contribution in [3.05, 3.63) is 17.8 Å². The third kappa shape index (κ3) is 2.97. The Bertz CT molecular complexity index is 404. The summed E-state index contributed by atoms with van der Waals surface area (Å²) in [5.41, 5.74) is 0.927. The Kier molecular flexibility index (Phi) is 4.12. The Morgan fingerprint density at radius 2 is 2.06 bits per heavy atom. The fourth-order valence-corrected chi connectivity index (χ4v) is 2.18. The molecule has 0 spiro atoms. The zero-order valence-electron chi connectivity index (χ0n) is 11.1. The minimum absolute atomic E-state index is 0.242. The van der Waals surface area contributed by atoms with E-state index in [0.29, 0.717) is 6.42 Å². The third-order valence-electron chi connectivity index (χ3n) is 3.26. The highest BCUT2D eigenvalue weighted by atomic mass is 16.2. The molecule has 18 heavy (non-hydrogen) atoms. The molecule has 2 heterocycles. The molecule has 0 N–H and O–H groups in total. The molecule has 0 aliphatic carbocycles. The molecule has 1 aliphatic rings. The predicted molar refractivity (Wildman–Crippen MR) is 70.5 cm³/mol. The second kappa shape index (κ2) is 5.80. The first-order chi connectivity index (χ1) is 8.70. The summed E-state index contributed by atoms with van der Waals surface area (Å²) in [7, 11) is 0. The van der Waals surface area contributed by atoms with Crippen molar-refractivity contribution in [2.24, 2.45) is 0 Å². The van der Waals surface area contributed by atoms with Gasteiger partial charge in [0.1, 0.15) is 0 Å². The number of carbonyl (C=O) groups is 1. The maximum atomic E-state index is 11.7. The van der Waals surface area contributed by atoms with Crippen molar-refractivity contribution in [2.45, 2.75) is 26.7 Å². The molecular formula is C13H20N4O. The summed E-state index contributed by atoms with van der Waals surface area (Å²) in [5, 5.41) is 8.29. The highest BCUT2D eigenvalue weighted by Crippen LogP contribution is 2.13. The van der Waals surface area contributed by atoms with Gasteiger partial charge in [-0.1, -0.05) is 6.92 Å². The standard InChI is InChI=1S/C13H20N4O/c1-3-13(18)17-8-4-7-16(9-10-17)12-6-5-11(2)14-15-12/h5-6H,3-4,7-10H2,1-2H3. The molecule has 0 saturated carbocycles. The van der Waals surface area contributed by atoms with Gasteiger partial charge in [-0.2, -0.15) is 5.10 Å². The van der Waals surface area contributed by atoms with E-state index in [-0.39, 0.29) is 5.91 Å². The van der Waals surface area contributed by atoms with Crippen LogP contribution < -0.4 is 4.90 Å². The second-order valence-electron chi connectivity index (χ2n) is 4.61. The lowest BCUT2D eigenvalue weighted by Crippen LogP contribution is -2.35. The van der Waals surface area contributed by atoms with Gasteiger partial charge in [0, 0.05) is 32.6 Å². The number of hydrogen-bond donors (Lipinski definition) is 0.